The molecule has 6 atom stereocenters. The van der Waals surface area contributed by atoms with Crippen LogP contribution in [0, 0.1) is 5.41 Å². The van der Waals surface area contributed by atoms with Gasteiger partial charge in [-0.15, -0.1) is 0 Å². The summed E-state index contributed by atoms with van der Waals surface area (Å²) in [5, 5.41) is 38.8. The molecule has 23 heavy (non-hydrogen) atoms. The number of hydrogen-bond donors (Lipinski definition) is 4. The summed E-state index contributed by atoms with van der Waals surface area (Å²) in [5.41, 5.74) is 1.32. The molecule has 0 aromatic carbocycles. The molecule has 1 aliphatic heterocycles. The second-order valence-corrected chi connectivity index (χ2v) is 7.06. The smallest absolute Gasteiger partial charge is 0.186 e. The fraction of sp³-hybridized carbons (Fsp3) is 0.812. The summed E-state index contributed by atoms with van der Waals surface area (Å²) in [4.78, 5) is 11.2. The second-order valence-electron chi connectivity index (χ2n) is 7.06. The number of hydrogen-bond acceptors (Lipinski definition) is 7. The number of rotatable bonds is 4. The highest BCUT2D eigenvalue weighted by Crippen LogP contribution is 2.41. The van der Waals surface area contributed by atoms with Crippen LogP contribution in [0.2, 0.25) is 0 Å². The van der Waals surface area contributed by atoms with Crippen LogP contribution in [0.25, 0.3) is 0 Å². The molecule has 2 rings (SSSR count). The normalized spacial score (nSPS) is 41.0. The number of aldehydes is 1. The average Bonchev–Trinajstić information content (AvgIpc) is 2.46. The van der Waals surface area contributed by atoms with Gasteiger partial charge in [0, 0.05) is 0 Å². The van der Waals surface area contributed by atoms with Crippen molar-refractivity contribution in [2.75, 3.05) is 6.61 Å². The van der Waals surface area contributed by atoms with Gasteiger partial charge in [-0.05, 0) is 30.8 Å². The fourth-order valence-corrected chi connectivity index (χ4v) is 3.51. The standard InChI is InChI=1S/C16H26O7/c1-8-4-9(5-16(2,3)10(8)6-17)22-15-14(21)13(20)12(19)11(7-18)23-15/h6,9,11-15,18-21H,4-5,7H2,1-3H3/t9-,11+,12+,13-,14+,15+/m1/s1. The van der Waals surface area contributed by atoms with Gasteiger partial charge in [0.15, 0.2) is 6.29 Å². The van der Waals surface area contributed by atoms with E-state index in [1.54, 1.807) is 0 Å². The predicted octanol–water partition coefficient (Wildman–Crippen LogP) is -0.493. The third-order valence-electron chi connectivity index (χ3n) is 4.75. The second kappa shape index (κ2) is 6.96. The van der Waals surface area contributed by atoms with Gasteiger partial charge in [0.1, 0.15) is 30.7 Å². The fourth-order valence-electron chi connectivity index (χ4n) is 3.51. The van der Waals surface area contributed by atoms with Crippen molar-refractivity contribution in [1.82, 2.24) is 0 Å². The first kappa shape index (κ1) is 18.5. The number of ether oxygens (including phenoxy) is 2. The summed E-state index contributed by atoms with van der Waals surface area (Å²) >= 11 is 0. The van der Waals surface area contributed by atoms with Crippen molar-refractivity contribution >= 4 is 6.29 Å². The van der Waals surface area contributed by atoms with E-state index in [9.17, 15) is 25.2 Å². The van der Waals surface area contributed by atoms with E-state index < -0.39 is 37.3 Å². The van der Waals surface area contributed by atoms with Gasteiger partial charge in [0.2, 0.25) is 0 Å². The molecule has 1 saturated heterocycles. The summed E-state index contributed by atoms with van der Waals surface area (Å²) < 4.78 is 11.2. The molecule has 1 aliphatic carbocycles. The lowest BCUT2D eigenvalue weighted by molar-refractivity contribution is -0.312. The Kier molecular flexibility index (Phi) is 5.60. The van der Waals surface area contributed by atoms with Crippen LogP contribution in [-0.4, -0.2) is 70.1 Å². The molecule has 0 saturated carbocycles. The molecule has 132 valence electrons. The van der Waals surface area contributed by atoms with Gasteiger partial charge in [-0.2, -0.15) is 0 Å². The van der Waals surface area contributed by atoms with Gasteiger partial charge in [0.25, 0.3) is 0 Å². The predicted molar refractivity (Wildman–Crippen MR) is 80.4 cm³/mol. The Balaban J connectivity index is 2.10. The van der Waals surface area contributed by atoms with E-state index in [4.69, 9.17) is 9.47 Å². The summed E-state index contributed by atoms with van der Waals surface area (Å²) in [7, 11) is 0. The molecule has 0 radical (unpaired) electrons. The van der Waals surface area contributed by atoms with Crippen LogP contribution in [0.1, 0.15) is 33.6 Å². The zero-order chi connectivity index (χ0) is 17.4. The highest BCUT2D eigenvalue weighted by atomic mass is 16.7. The third-order valence-corrected chi connectivity index (χ3v) is 4.75. The van der Waals surface area contributed by atoms with E-state index >= 15 is 0 Å². The maximum Gasteiger partial charge on any atom is 0.186 e. The first-order chi connectivity index (χ1) is 10.7. The van der Waals surface area contributed by atoms with Crippen molar-refractivity contribution in [2.45, 2.75) is 70.4 Å². The van der Waals surface area contributed by atoms with Crippen LogP contribution in [0.3, 0.4) is 0 Å². The van der Waals surface area contributed by atoms with E-state index in [-0.39, 0.29) is 11.5 Å². The van der Waals surface area contributed by atoms with Gasteiger partial charge in [-0.1, -0.05) is 19.4 Å². The van der Waals surface area contributed by atoms with Crippen LogP contribution in [0.4, 0.5) is 0 Å². The molecular weight excluding hydrogens is 304 g/mol. The van der Waals surface area contributed by atoms with Gasteiger partial charge < -0.3 is 29.9 Å². The number of carbonyl (C=O) groups excluding carboxylic acids is 1. The van der Waals surface area contributed by atoms with Crippen LogP contribution in [0.5, 0.6) is 0 Å². The van der Waals surface area contributed by atoms with Crippen LogP contribution in [0.15, 0.2) is 11.1 Å². The largest absolute Gasteiger partial charge is 0.394 e. The van der Waals surface area contributed by atoms with Gasteiger partial charge in [-0.3, -0.25) is 4.79 Å². The minimum Gasteiger partial charge on any atom is -0.394 e. The lowest BCUT2D eigenvalue weighted by Crippen LogP contribution is -2.59. The molecule has 0 unspecified atom stereocenters. The number of aliphatic hydroxyl groups is 4. The lowest BCUT2D eigenvalue weighted by atomic mass is 9.72. The Morgan fingerprint density at radius 2 is 1.91 bits per heavy atom. The minimum absolute atomic E-state index is 0.296. The minimum atomic E-state index is -1.45. The molecule has 0 bridgehead atoms. The Bertz CT molecular complexity index is 471. The summed E-state index contributed by atoms with van der Waals surface area (Å²) in [6.07, 6.45) is -4.73. The molecule has 7 nitrogen and oxygen atoms in total. The monoisotopic (exact) mass is 330 g/mol. The van der Waals surface area contributed by atoms with Crippen molar-refractivity contribution < 1.29 is 34.7 Å². The van der Waals surface area contributed by atoms with E-state index in [0.717, 1.165) is 17.4 Å². The Labute approximate surface area is 135 Å². The first-order valence-corrected chi connectivity index (χ1v) is 7.82. The molecule has 0 aromatic heterocycles. The van der Waals surface area contributed by atoms with Gasteiger partial charge >= 0.3 is 0 Å². The van der Waals surface area contributed by atoms with Crippen molar-refractivity contribution in [3.05, 3.63) is 11.1 Å². The van der Waals surface area contributed by atoms with Crippen LogP contribution in [-0.2, 0) is 14.3 Å². The zero-order valence-corrected chi connectivity index (χ0v) is 13.7. The topological polar surface area (TPSA) is 116 Å². The van der Waals surface area contributed by atoms with Gasteiger partial charge in [-0.25, -0.2) is 0 Å². The van der Waals surface area contributed by atoms with Gasteiger partial charge in [0.05, 0.1) is 12.7 Å². The molecule has 4 N–H and O–H groups in total. The number of aliphatic hydroxyl groups excluding tert-OH is 4. The SMILES string of the molecule is CC1=C(C=O)C(C)(C)C[C@H](O[C@H]2O[C@@H](CO)[C@H](O)[C@@H](O)[C@@H]2O)C1. The molecule has 2 aliphatic rings. The maximum absolute atomic E-state index is 11.2. The lowest BCUT2D eigenvalue weighted by Gasteiger charge is -2.43. The third kappa shape index (κ3) is 3.65. The molecule has 0 aromatic rings. The quantitative estimate of drug-likeness (QED) is 0.514. The van der Waals surface area contributed by atoms with Crippen molar-refractivity contribution in [3.8, 4) is 0 Å². The highest BCUT2D eigenvalue weighted by Gasteiger charge is 2.45. The molecule has 1 fully saturated rings. The van der Waals surface area contributed by atoms with Crippen LogP contribution < -0.4 is 0 Å². The maximum atomic E-state index is 11.2. The van der Waals surface area contributed by atoms with E-state index in [2.05, 4.69) is 0 Å². The Hall–Kier alpha value is -0.830. The first-order valence-electron chi connectivity index (χ1n) is 7.82. The summed E-state index contributed by atoms with van der Waals surface area (Å²) in [6.45, 7) is 5.27. The molecule has 1 heterocycles. The van der Waals surface area contributed by atoms with E-state index in [1.807, 2.05) is 20.8 Å². The number of allylic oxidation sites excluding steroid dienone is 1. The van der Waals surface area contributed by atoms with Crippen molar-refractivity contribution in [3.63, 3.8) is 0 Å². The molecule has 0 spiro atoms. The Morgan fingerprint density at radius 1 is 1.26 bits per heavy atom. The Morgan fingerprint density at radius 3 is 2.43 bits per heavy atom. The molecule has 0 amide bonds. The number of carbonyl (C=O) groups is 1. The highest BCUT2D eigenvalue weighted by molar-refractivity contribution is 5.77. The van der Waals surface area contributed by atoms with Crippen LogP contribution >= 0.6 is 0 Å². The van der Waals surface area contributed by atoms with E-state index in [1.165, 1.54) is 0 Å². The van der Waals surface area contributed by atoms with Crippen molar-refractivity contribution in [2.24, 2.45) is 5.41 Å². The van der Waals surface area contributed by atoms with Crippen molar-refractivity contribution in [1.29, 1.82) is 0 Å². The van der Waals surface area contributed by atoms with E-state index in [0.29, 0.717) is 12.8 Å². The molecule has 7 heteroatoms. The average molecular weight is 330 g/mol. The zero-order valence-electron chi connectivity index (χ0n) is 13.7. The molecular formula is C16H26O7. The summed E-state index contributed by atoms with van der Waals surface area (Å²) in [6, 6.07) is 0. The summed E-state index contributed by atoms with van der Waals surface area (Å²) in [5.74, 6) is 0.